The Hall–Kier alpha value is -1.34. The van der Waals surface area contributed by atoms with Crippen molar-refractivity contribution in [2.24, 2.45) is 5.73 Å². The molecule has 1 aromatic heterocycles. The van der Waals surface area contributed by atoms with Crippen LogP contribution in [0.1, 0.15) is 11.1 Å². The first kappa shape index (κ1) is 17.5. The van der Waals surface area contributed by atoms with Crippen molar-refractivity contribution in [2.75, 3.05) is 5.32 Å². The standard InChI is InChI=1S/C16H12BrCl2N3OS/c1-6-3-12-14(13(17)7(6)2)23-15(21-12)8-4-11(22-16(20)24)10(19)5-9(8)18/h3-5H,1-2H3,(H3,20,22,24). The zero-order chi connectivity index (χ0) is 17.6. The lowest BCUT2D eigenvalue weighted by Crippen LogP contribution is -2.19. The van der Waals surface area contributed by atoms with Gasteiger partial charge in [-0.2, -0.15) is 0 Å². The number of oxazole rings is 1. The van der Waals surface area contributed by atoms with E-state index in [4.69, 9.17) is 45.6 Å². The van der Waals surface area contributed by atoms with Gasteiger partial charge < -0.3 is 15.5 Å². The van der Waals surface area contributed by atoms with Crippen LogP contribution < -0.4 is 11.1 Å². The monoisotopic (exact) mass is 443 g/mol. The van der Waals surface area contributed by atoms with Crippen LogP contribution in [0.25, 0.3) is 22.6 Å². The van der Waals surface area contributed by atoms with E-state index < -0.39 is 0 Å². The number of rotatable bonds is 2. The van der Waals surface area contributed by atoms with E-state index >= 15 is 0 Å². The maximum absolute atomic E-state index is 6.31. The summed E-state index contributed by atoms with van der Waals surface area (Å²) in [7, 11) is 0. The van der Waals surface area contributed by atoms with E-state index in [0.717, 1.165) is 21.1 Å². The van der Waals surface area contributed by atoms with E-state index in [9.17, 15) is 0 Å². The van der Waals surface area contributed by atoms with Crippen molar-refractivity contribution in [1.29, 1.82) is 0 Å². The number of anilines is 1. The predicted octanol–water partition coefficient (Wildman–Crippen LogP) is 5.84. The SMILES string of the molecule is Cc1cc2nc(-c3cc(NC(N)=S)c(Cl)cc3Cl)oc2c(Br)c1C. The lowest BCUT2D eigenvalue weighted by Gasteiger charge is -2.09. The Morgan fingerprint density at radius 3 is 2.62 bits per heavy atom. The van der Waals surface area contributed by atoms with Crippen molar-refractivity contribution in [3.63, 3.8) is 0 Å². The summed E-state index contributed by atoms with van der Waals surface area (Å²) in [5.74, 6) is 0.392. The van der Waals surface area contributed by atoms with Gasteiger partial charge in [-0.15, -0.1) is 0 Å². The molecule has 0 aliphatic rings. The molecule has 4 nitrogen and oxygen atoms in total. The van der Waals surface area contributed by atoms with E-state index in [-0.39, 0.29) is 5.11 Å². The summed E-state index contributed by atoms with van der Waals surface area (Å²) in [4.78, 5) is 4.54. The fraction of sp³-hybridized carbons (Fsp3) is 0.125. The van der Waals surface area contributed by atoms with E-state index in [1.807, 2.05) is 19.9 Å². The lowest BCUT2D eigenvalue weighted by atomic mass is 10.1. The minimum Gasteiger partial charge on any atom is -0.435 e. The molecule has 0 spiro atoms. The number of aryl methyl sites for hydroxylation is 1. The highest BCUT2D eigenvalue weighted by atomic mass is 79.9. The number of nitrogens with one attached hydrogen (secondary N) is 1. The molecule has 124 valence electrons. The van der Waals surface area contributed by atoms with Gasteiger partial charge in [-0.25, -0.2) is 4.98 Å². The lowest BCUT2D eigenvalue weighted by molar-refractivity contribution is 0.618. The Kier molecular flexibility index (Phi) is 4.75. The topological polar surface area (TPSA) is 64.1 Å². The maximum Gasteiger partial charge on any atom is 0.228 e. The van der Waals surface area contributed by atoms with Gasteiger partial charge in [0.15, 0.2) is 10.7 Å². The highest BCUT2D eigenvalue weighted by molar-refractivity contribution is 9.10. The summed E-state index contributed by atoms with van der Waals surface area (Å²) in [6.45, 7) is 4.04. The zero-order valence-corrected chi connectivity index (χ0v) is 16.6. The van der Waals surface area contributed by atoms with Crippen LogP contribution in [0.5, 0.6) is 0 Å². The molecule has 0 saturated heterocycles. The predicted molar refractivity (Wildman–Crippen MR) is 107 cm³/mol. The van der Waals surface area contributed by atoms with Crippen molar-refractivity contribution >= 4 is 73.2 Å². The van der Waals surface area contributed by atoms with Crippen molar-refractivity contribution < 1.29 is 4.42 Å². The number of fused-ring (bicyclic) bond motifs is 1. The second kappa shape index (κ2) is 6.52. The van der Waals surface area contributed by atoms with Crippen LogP contribution in [0.15, 0.2) is 27.1 Å². The molecule has 3 rings (SSSR count). The number of nitrogens with zero attached hydrogens (tertiary/aromatic N) is 1. The summed E-state index contributed by atoms with van der Waals surface area (Å²) < 4.78 is 6.80. The minimum atomic E-state index is 0.108. The molecule has 0 aliphatic carbocycles. The number of aromatic nitrogens is 1. The molecular weight excluding hydrogens is 433 g/mol. The summed E-state index contributed by atoms with van der Waals surface area (Å²) in [5.41, 5.74) is 10.3. The second-order valence-corrected chi connectivity index (χ2v) is 7.35. The highest BCUT2D eigenvalue weighted by Crippen LogP contribution is 2.38. The fourth-order valence-electron chi connectivity index (χ4n) is 2.30. The van der Waals surface area contributed by atoms with Crippen LogP contribution in [0, 0.1) is 13.8 Å². The third kappa shape index (κ3) is 3.11. The van der Waals surface area contributed by atoms with Gasteiger partial charge in [0.1, 0.15) is 5.52 Å². The number of thiocarbonyl (C=S) groups is 1. The first-order valence-electron chi connectivity index (χ1n) is 6.90. The average Bonchev–Trinajstić information content (AvgIpc) is 2.91. The van der Waals surface area contributed by atoms with Crippen molar-refractivity contribution in [3.05, 3.63) is 43.8 Å². The molecule has 0 aliphatic heterocycles. The zero-order valence-electron chi connectivity index (χ0n) is 12.7. The van der Waals surface area contributed by atoms with E-state index in [1.165, 1.54) is 0 Å². The Morgan fingerprint density at radius 2 is 1.96 bits per heavy atom. The molecule has 8 heteroatoms. The largest absolute Gasteiger partial charge is 0.435 e. The van der Waals surface area contributed by atoms with Crippen LogP contribution in [-0.2, 0) is 0 Å². The third-order valence-corrected chi connectivity index (χ3v) is 5.35. The van der Waals surface area contributed by atoms with E-state index in [1.54, 1.807) is 12.1 Å². The molecule has 0 saturated carbocycles. The van der Waals surface area contributed by atoms with Crippen molar-refractivity contribution in [3.8, 4) is 11.5 Å². The molecule has 0 unspecified atom stereocenters. The van der Waals surface area contributed by atoms with Gasteiger partial charge in [-0.05, 0) is 71.3 Å². The molecule has 3 N–H and O–H groups in total. The summed E-state index contributed by atoms with van der Waals surface area (Å²) >= 11 is 20.9. The molecule has 1 heterocycles. The molecule has 0 radical (unpaired) electrons. The molecule has 0 bridgehead atoms. The number of hydrogen-bond acceptors (Lipinski definition) is 3. The van der Waals surface area contributed by atoms with Crippen molar-refractivity contribution in [1.82, 2.24) is 4.98 Å². The summed E-state index contributed by atoms with van der Waals surface area (Å²) in [6, 6.07) is 5.28. The minimum absolute atomic E-state index is 0.108. The quantitative estimate of drug-likeness (QED) is 0.486. The van der Waals surface area contributed by atoms with Crippen LogP contribution in [0.3, 0.4) is 0 Å². The first-order valence-corrected chi connectivity index (χ1v) is 8.85. The Bertz CT molecular complexity index is 987. The van der Waals surface area contributed by atoms with Gasteiger partial charge in [-0.1, -0.05) is 23.2 Å². The molecule has 0 fully saturated rings. The second-order valence-electron chi connectivity index (χ2n) is 5.30. The van der Waals surface area contributed by atoms with Gasteiger partial charge in [0, 0.05) is 0 Å². The van der Waals surface area contributed by atoms with Crippen molar-refractivity contribution in [2.45, 2.75) is 13.8 Å². The Morgan fingerprint density at radius 1 is 1.25 bits per heavy atom. The first-order chi connectivity index (χ1) is 11.3. The van der Waals surface area contributed by atoms with E-state index in [0.29, 0.717) is 32.8 Å². The normalized spacial score (nSPS) is 11.0. The smallest absolute Gasteiger partial charge is 0.228 e. The summed E-state index contributed by atoms with van der Waals surface area (Å²) in [5, 5.41) is 3.75. The summed E-state index contributed by atoms with van der Waals surface area (Å²) in [6.07, 6.45) is 0. The van der Waals surface area contributed by atoms with Crippen LogP contribution in [-0.4, -0.2) is 10.1 Å². The Balaban J connectivity index is 2.20. The highest BCUT2D eigenvalue weighted by Gasteiger charge is 2.18. The molecule has 24 heavy (non-hydrogen) atoms. The maximum atomic E-state index is 6.31. The number of halogens is 3. The van der Waals surface area contributed by atoms with Gasteiger partial charge in [-0.3, -0.25) is 0 Å². The van der Waals surface area contributed by atoms with Crippen LogP contribution in [0.4, 0.5) is 5.69 Å². The van der Waals surface area contributed by atoms with Gasteiger partial charge >= 0.3 is 0 Å². The number of benzene rings is 2. The Labute approximate surface area is 162 Å². The van der Waals surface area contributed by atoms with Gasteiger partial charge in [0.05, 0.1) is 25.8 Å². The van der Waals surface area contributed by atoms with Gasteiger partial charge in [0.25, 0.3) is 0 Å². The number of nitrogens with two attached hydrogens (primary N) is 1. The van der Waals surface area contributed by atoms with Crippen LogP contribution >= 0.6 is 51.3 Å². The van der Waals surface area contributed by atoms with Crippen LogP contribution in [0.2, 0.25) is 10.0 Å². The number of hydrogen-bond donors (Lipinski definition) is 2. The molecular formula is C16H12BrCl2N3OS. The molecule has 0 amide bonds. The molecule has 2 aromatic carbocycles. The fourth-order valence-corrected chi connectivity index (χ4v) is 3.52. The third-order valence-electron chi connectivity index (χ3n) is 3.67. The molecule has 3 aromatic rings. The molecule has 0 atom stereocenters. The van der Waals surface area contributed by atoms with Gasteiger partial charge in [0.2, 0.25) is 5.89 Å². The average molecular weight is 445 g/mol. The van der Waals surface area contributed by atoms with E-state index in [2.05, 4.69) is 26.2 Å².